The van der Waals surface area contributed by atoms with Crippen LogP contribution >= 0.6 is 11.3 Å². The van der Waals surface area contributed by atoms with Gasteiger partial charge in [0.25, 0.3) is 0 Å². The maximum absolute atomic E-state index is 10.9. The highest BCUT2D eigenvalue weighted by molar-refractivity contribution is 7.17. The molecule has 0 amide bonds. The van der Waals surface area contributed by atoms with Crippen LogP contribution in [0.4, 0.5) is 0 Å². The first-order valence-corrected chi connectivity index (χ1v) is 9.86. The molecule has 138 valence electrons. The Morgan fingerprint density at radius 3 is 2.58 bits per heavy atom. The van der Waals surface area contributed by atoms with E-state index in [1.165, 1.54) is 27.4 Å². The lowest BCUT2D eigenvalue weighted by molar-refractivity contribution is -0.939. The molecule has 0 aliphatic carbocycles. The molecule has 0 unspecified atom stereocenters. The number of hydrogen-bond donors (Lipinski definition) is 2. The molecule has 0 spiro atoms. The molecular formula is C19H25N4O2S+. The van der Waals surface area contributed by atoms with E-state index in [4.69, 9.17) is 4.74 Å². The molecule has 0 saturated carbocycles. The van der Waals surface area contributed by atoms with Gasteiger partial charge < -0.3 is 14.7 Å². The second-order valence-electron chi connectivity index (χ2n) is 7.26. The number of rotatable bonds is 3. The molecule has 3 atom stereocenters. The Morgan fingerprint density at radius 1 is 1.23 bits per heavy atom. The van der Waals surface area contributed by atoms with Crippen LogP contribution in [0, 0.1) is 13.8 Å². The number of aryl methyl sites for hydroxylation is 2. The van der Waals surface area contributed by atoms with Crippen molar-refractivity contribution in [3.8, 4) is 5.88 Å². The van der Waals surface area contributed by atoms with E-state index in [0.29, 0.717) is 5.82 Å². The minimum atomic E-state index is 0.0406. The first-order chi connectivity index (χ1) is 12.4. The van der Waals surface area contributed by atoms with Crippen LogP contribution in [0.5, 0.6) is 5.88 Å². The van der Waals surface area contributed by atoms with Crippen molar-refractivity contribution >= 4 is 16.3 Å². The van der Waals surface area contributed by atoms with Gasteiger partial charge in [-0.3, -0.25) is 0 Å². The summed E-state index contributed by atoms with van der Waals surface area (Å²) in [6.45, 7) is 10.0. The molecule has 1 aliphatic rings. The molecule has 2 N–H and O–H groups in total. The third kappa shape index (κ3) is 3.00. The number of aromatic nitrogens is 3. The molecule has 3 aromatic rings. The number of nitrogens with one attached hydrogen (secondary N) is 1. The van der Waals surface area contributed by atoms with Gasteiger partial charge in [0.2, 0.25) is 10.8 Å². The molecule has 1 aromatic carbocycles. The van der Waals surface area contributed by atoms with E-state index in [0.717, 1.165) is 22.9 Å². The standard InChI is InChI=1S/C19H24N4O2S/c1-11-7-5-6-8-15(11)16(22-9-12(2)25-13(3)10-22)17-18(24)23-19(26-17)20-14(4)21-23/h5-8,12-13,16,24H,9-10H2,1-4H3/p+1/t12-,13-,16+/m1/s1. The maximum Gasteiger partial charge on any atom is 0.235 e. The predicted octanol–water partition coefficient (Wildman–Crippen LogP) is 1.89. The zero-order valence-electron chi connectivity index (χ0n) is 15.6. The Hall–Kier alpha value is -1.96. The smallest absolute Gasteiger partial charge is 0.235 e. The van der Waals surface area contributed by atoms with E-state index in [2.05, 4.69) is 55.1 Å². The lowest BCUT2D eigenvalue weighted by Gasteiger charge is -2.37. The summed E-state index contributed by atoms with van der Waals surface area (Å²) in [5.41, 5.74) is 2.46. The van der Waals surface area contributed by atoms with Gasteiger partial charge in [0.1, 0.15) is 36.0 Å². The number of nitrogens with zero attached hydrogens (tertiary/aromatic N) is 3. The molecule has 4 rings (SSSR count). The number of hydrogen-bond acceptors (Lipinski definition) is 5. The average molecular weight is 374 g/mol. The Morgan fingerprint density at radius 2 is 1.92 bits per heavy atom. The van der Waals surface area contributed by atoms with E-state index in [-0.39, 0.29) is 24.1 Å². The molecule has 7 heteroatoms. The number of aromatic hydroxyl groups is 1. The highest BCUT2D eigenvalue weighted by atomic mass is 32.1. The van der Waals surface area contributed by atoms with Gasteiger partial charge >= 0.3 is 0 Å². The van der Waals surface area contributed by atoms with Crippen LogP contribution in [0.25, 0.3) is 4.96 Å². The van der Waals surface area contributed by atoms with Crippen molar-refractivity contribution in [1.29, 1.82) is 0 Å². The number of thiazole rings is 1. The van der Waals surface area contributed by atoms with Crippen LogP contribution in [0.3, 0.4) is 0 Å². The summed E-state index contributed by atoms with van der Waals surface area (Å²) in [5, 5.41) is 15.3. The van der Waals surface area contributed by atoms with Crippen molar-refractivity contribution in [3.63, 3.8) is 0 Å². The van der Waals surface area contributed by atoms with Gasteiger partial charge in [0, 0.05) is 5.56 Å². The van der Waals surface area contributed by atoms with E-state index in [9.17, 15) is 5.11 Å². The summed E-state index contributed by atoms with van der Waals surface area (Å²) in [4.78, 5) is 7.51. The SMILES string of the molecule is Cc1nc2sc([C@H](c3ccccc3C)[NH+]3C[C@@H](C)O[C@H](C)C3)c(O)n2n1. The molecular weight excluding hydrogens is 348 g/mol. The van der Waals surface area contributed by atoms with Crippen LogP contribution in [0.15, 0.2) is 24.3 Å². The predicted molar refractivity (Wildman–Crippen MR) is 101 cm³/mol. The molecule has 6 nitrogen and oxygen atoms in total. The van der Waals surface area contributed by atoms with Crippen LogP contribution in [0.2, 0.25) is 0 Å². The molecule has 0 bridgehead atoms. The first-order valence-electron chi connectivity index (χ1n) is 9.04. The van der Waals surface area contributed by atoms with Crippen molar-refractivity contribution in [2.75, 3.05) is 13.1 Å². The Labute approximate surface area is 157 Å². The minimum absolute atomic E-state index is 0.0406. The third-order valence-corrected chi connectivity index (χ3v) is 6.12. The van der Waals surface area contributed by atoms with Crippen LogP contribution in [0.1, 0.15) is 41.7 Å². The van der Waals surface area contributed by atoms with Gasteiger partial charge in [-0.15, -0.1) is 5.10 Å². The Kier molecular flexibility index (Phi) is 4.46. The molecule has 1 saturated heterocycles. The minimum Gasteiger partial charge on any atom is -0.492 e. The monoisotopic (exact) mass is 373 g/mol. The number of quaternary nitrogens is 1. The van der Waals surface area contributed by atoms with Gasteiger partial charge in [0.15, 0.2) is 6.04 Å². The van der Waals surface area contributed by atoms with Crippen LogP contribution in [-0.4, -0.2) is 45.0 Å². The largest absolute Gasteiger partial charge is 0.492 e. The summed E-state index contributed by atoms with van der Waals surface area (Å²) in [6.07, 6.45) is 0.374. The molecule has 1 fully saturated rings. The topological polar surface area (TPSA) is 64.1 Å². The van der Waals surface area contributed by atoms with Gasteiger partial charge in [0.05, 0.1) is 0 Å². The first kappa shape index (κ1) is 17.5. The van der Waals surface area contributed by atoms with Crippen molar-refractivity contribution in [2.24, 2.45) is 0 Å². The Balaban J connectivity index is 1.85. The fourth-order valence-electron chi connectivity index (χ4n) is 4.04. The lowest BCUT2D eigenvalue weighted by Crippen LogP contribution is -3.15. The number of fused-ring (bicyclic) bond motifs is 1. The summed E-state index contributed by atoms with van der Waals surface area (Å²) >= 11 is 1.53. The van der Waals surface area contributed by atoms with E-state index in [1.807, 2.05) is 6.92 Å². The van der Waals surface area contributed by atoms with Gasteiger partial charge in [-0.1, -0.05) is 35.6 Å². The van der Waals surface area contributed by atoms with Gasteiger partial charge in [-0.05, 0) is 33.3 Å². The summed E-state index contributed by atoms with van der Waals surface area (Å²) < 4.78 is 7.51. The maximum atomic E-state index is 10.9. The fraction of sp³-hybridized carbons (Fsp3) is 0.474. The highest BCUT2D eigenvalue weighted by Crippen LogP contribution is 2.36. The quantitative estimate of drug-likeness (QED) is 0.736. The van der Waals surface area contributed by atoms with Crippen molar-refractivity contribution in [3.05, 3.63) is 46.1 Å². The summed E-state index contributed by atoms with van der Waals surface area (Å²) in [6, 6.07) is 8.46. The molecule has 1 aliphatic heterocycles. The zero-order valence-corrected chi connectivity index (χ0v) is 16.4. The molecule has 2 aromatic heterocycles. The molecule has 0 radical (unpaired) electrons. The molecule has 3 heterocycles. The van der Waals surface area contributed by atoms with Crippen molar-refractivity contribution in [1.82, 2.24) is 14.6 Å². The Bertz CT molecular complexity index is 925. The highest BCUT2D eigenvalue weighted by Gasteiger charge is 2.38. The average Bonchev–Trinajstić information content (AvgIpc) is 3.07. The number of morpholine rings is 1. The number of benzene rings is 1. The second-order valence-corrected chi connectivity index (χ2v) is 8.27. The number of ether oxygens (including phenoxy) is 1. The third-order valence-electron chi connectivity index (χ3n) is 5.04. The van der Waals surface area contributed by atoms with Crippen LogP contribution in [-0.2, 0) is 4.74 Å². The second kappa shape index (κ2) is 6.64. The van der Waals surface area contributed by atoms with Crippen LogP contribution < -0.4 is 4.90 Å². The van der Waals surface area contributed by atoms with Gasteiger partial charge in [-0.25, -0.2) is 4.98 Å². The lowest BCUT2D eigenvalue weighted by atomic mass is 9.97. The summed E-state index contributed by atoms with van der Waals surface area (Å²) in [7, 11) is 0. The molecule has 26 heavy (non-hydrogen) atoms. The van der Waals surface area contributed by atoms with Gasteiger partial charge in [-0.2, -0.15) is 4.52 Å². The van der Waals surface area contributed by atoms with E-state index in [1.54, 1.807) is 4.52 Å². The zero-order chi connectivity index (χ0) is 18.4. The van der Waals surface area contributed by atoms with Crippen molar-refractivity contribution < 1.29 is 14.7 Å². The van der Waals surface area contributed by atoms with E-state index < -0.39 is 0 Å². The van der Waals surface area contributed by atoms with Crippen molar-refractivity contribution in [2.45, 2.75) is 45.9 Å². The summed E-state index contributed by atoms with van der Waals surface area (Å²) in [5.74, 6) is 0.879. The fourth-order valence-corrected chi connectivity index (χ4v) is 5.22. The van der Waals surface area contributed by atoms with E-state index >= 15 is 0 Å². The normalized spacial score (nSPS) is 24.8.